The zero-order chi connectivity index (χ0) is 36.3. The van der Waals surface area contributed by atoms with Crippen molar-refractivity contribution in [2.45, 2.75) is 10.1 Å². The van der Waals surface area contributed by atoms with Gasteiger partial charge >= 0.3 is 5.97 Å². The minimum Gasteiger partial charge on any atom is -0.497 e. The molecule has 0 fully saturated rings. The number of nitrogens with one attached hydrogen (secondary N) is 3. The zero-order valence-corrected chi connectivity index (χ0v) is 29.0. The van der Waals surface area contributed by atoms with Crippen molar-refractivity contribution < 1.29 is 33.8 Å². The van der Waals surface area contributed by atoms with Crippen molar-refractivity contribution in [1.82, 2.24) is 5.32 Å². The van der Waals surface area contributed by atoms with Gasteiger partial charge in [-0.05, 0) is 78.4 Å². The summed E-state index contributed by atoms with van der Waals surface area (Å²) in [5, 5.41) is 17.2. The highest BCUT2D eigenvalue weighted by Gasteiger charge is 2.24. The first-order valence-corrected chi connectivity index (χ1v) is 16.7. The van der Waals surface area contributed by atoms with Crippen LogP contribution in [-0.4, -0.2) is 43.0 Å². The molecule has 0 saturated heterocycles. The molecule has 3 amide bonds. The van der Waals surface area contributed by atoms with Gasteiger partial charge in [0, 0.05) is 27.8 Å². The number of hydrogen-bond acceptors (Lipinski definition) is 7. The first kappa shape index (κ1) is 36.2. The van der Waals surface area contributed by atoms with Crippen molar-refractivity contribution in [3.8, 4) is 11.5 Å². The van der Waals surface area contributed by atoms with Crippen molar-refractivity contribution in [3.63, 3.8) is 0 Å². The lowest BCUT2D eigenvalue weighted by atomic mass is 10.1. The normalized spacial score (nSPS) is 11.5. The molecule has 258 valence electrons. The van der Waals surface area contributed by atoms with E-state index in [0.29, 0.717) is 38.8 Å². The van der Waals surface area contributed by atoms with Crippen molar-refractivity contribution in [3.05, 3.63) is 154 Å². The van der Waals surface area contributed by atoms with Crippen molar-refractivity contribution in [2.75, 3.05) is 24.9 Å². The van der Waals surface area contributed by atoms with Gasteiger partial charge < -0.3 is 30.5 Å². The van der Waals surface area contributed by atoms with Gasteiger partial charge in [-0.15, -0.1) is 11.8 Å². The van der Waals surface area contributed by atoms with Crippen LogP contribution in [0.25, 0.3) is 6.08 Å². The Labute approximate surface area is 303 Å². The average Bonchev–Trinajstić information content (AvgIpc) is 3.15. The zero-order valence-electron chi connectivity index (χ0n) is 27.4. The van der Waals surface area contributed by atoms with Gasteiger partial charge in [-0.2, -0.15) is 0 Å². The topological polar surface area (TPSA) is 143 Å². The number of anilines is 2. The lowest BCUT2D eigenvalue weighted by Gasteiger charge is -2.18. The minimum absolute atomic E-state index is 0.0166. The summed E-state index contributed by atoms with van der Waals surface area (Å²) >= 11 is 7.54. The second-order valence-electron chi connectivity index (χ2n) is 10.9. The predicted octanol–water partition coefficient (Wildman–Crippen LogP) is 7.94. The van der Waals surface area contributed by atoms with Crippen LogP contribution in [0.4, 0.5) is 11.4 Å². The lowest BCUT2D eigenvalue weighted by molar-refractivity contribution is -0.116. The van der Waals surface area contributed by atoms with Crippen LogP contribution < -0.4 is 25.4 Å². The van der Waals surface area contributed by atoms with Crippen molar-refractivity contribution >= 4 is 64.5 Å². The molecule has 4 N–H and O–H groups in total. The minimum atomic E-state index is -1.15. The number of carbonyl (C=O) groups is 4. The van der Waals surface area contributed by atoms with Gasteiger partial charge in [0.25, 0.3) is 11.8 Å². The average molecular weight is 722 g/mol. The maximum atomic E-state index is 13.6. The molecule has 5 aromatic rings. The van der Waals surface area contributed by atoms with Gasteiger partial charge in [0.15, 0.2) is 0 Å². The Morgan fingerprint density at radius 1 is 0.765 bits per heavy atom. The Morgan fingerprint density at radius 3 is 2.10 bits per heavy atom. The van der Waals surface area contributed by atoms with Gasteiger partial charge in [0.1, 0.15) is 22.4 Å². The van der Waals surface area contributed by atoms with E-state index in [1.807, 2.05) is 30.3 Å². The van der Waals surface area contributed by atoms with Crippen LogP contribution in [0.1, 0.15) is 37.1 Å². The SMILES string of the molecule is COc1ccc(/C=C(\NC(=O)c2ccccc2)C(=O)Nc2ccc(SC(C(=O)Nc3cc(C(=O)O)ccc3Cl)c3ccccc3)cc2)c(OC)c1. The largest absolute Gasteiger partial charge is 0.497 e. The summed E-state index contributed by atoms with van der Waals surface area (Å²) in [5.74, 6) is -1.62. The van der Waals surface area contributed by atoms with E-state index in [0.717, 1.165) is 0 Å². The molecule has 5 rings (SSSR count). The van der Waals surface area contributed by atoms with Gasteiger partial charge in [0.2, 0.25) is 5.91 Å². The number of benzene rings is 5. The first-order chi connectivity index (χ1) is 24.6. The van der Waals surface area contributed by atoms with E-state index in [9.17, 15) is 24.3 Å². The Morgan fingerprint density at radius 2 is 1.45 bits per heavy atom. The summed E-state index contributed by atoms with van der Waals surface area (Å²) in [6, 6.07) is 33.6. The Hall–Kier alpha value is -6.04. The Kier molecular flexibility index (Phi) is 12.1. The molecule has 0 aliphatic heterocycles. The lowest BCUT2D eigenvalue weighted by Crippen LogP contribution is -2.30. The Balaban J connectivity index is 1.37. The van der Waals surface area contributed by atoms with Crippen LogP contribution in [-0.2, 0) is 9.59 Å². The molecular formula is C39H32ClN3O7S. The number of amides is 3. The summed E-state index contributed by atoms with van der Waals surface area (Å²) in [4.78, 5) is 52.6. The number of hydrogen-bond donors (Lipinski definition) is 4. The second kappa shape index (κ2) is 17.1. The summed E-state index contributed by atoms with van der Waals surface area (Å²) in [7, 11) is 3.02. The first-order valence-electron chi connectivity index (χ1n) is 15.4. The van der Waals surface area contributed by atoms with Crippen molar-refractivity contribution in [1.29, 1.82) is 0 Å². The van der Waals surface area contributed by atoms with Crippen LogP contribution in [0, 0.1) is 0 Å². The quantitative estimate of drug-likeness (QED) is 0.0709. The highest BCUT2D eigenvalue weighted by Crippen LogP contribution is 2.37. The number of carboxylic acids is 1. The molecule has 0 heterocycles. The second-order valence-corrected chi connectivity index (χ2v) is 12.4. The van der Waals surface area contributed by atoms with E-state index in [-0.39, 0.29) is 22.0 Å². The molecule has 0 aliphatic carbocycles. The smallest absolute Gasteiger partial charge is 0.335 e. The third-order valence-corrected chi connectivity index (χ3v) is 9.04. The summed E-state index contributed by atoms with van der Waals surface area (Å²) < 4.78 is 10.8. The standard InChI is InChI=1S/C39H32ClN3O7S/c1-49-29-17-13-26(34(23-29)50-2)21-33(43-36(44)25-11-7-4-8-12-25)37(45)41-28-15-18-30(19-16-28)51-35(24-9-5-3-6-10-24)38(46)42-32-22-27(39(47)48)14-20-31(32)40/h3-23,35H,1-2H3,(H,41,45)(H,42,46)(H,43,44)(H,47,48)/b33-21-. The van der Waals surface area contributed by atoms with Crippen LogP contribution in [0.15, 0.2) is 132 Å². The molecule has 0 spiro atoms. The molecule has 0 aromatic heterocycles. The number of carbonyl (C=O) groups excluding carboxylic acids is 3. The summed E-state index contributed by atoms with van der Waals surface area (Å²) in [6.07, 6.45) is 1.51. The van der Waals surface area contributed by atoms with Crippen molar-refractivity contribution in [2.24, 2.45) is 0 Å². The number of aromatic carboxylic acids is 1. The van der Waals surface area contributed by atoms with E-state index in [2.05, 4.69) is 16.0 Å². The number of thioether (sulfide) groups is 1. The fraction of sp³-hybridized carbons (Fsp3) is 0.0769. The molecule has 1 unspecified atom stereocenters. The fourth-order valence-electron chi connectivity index (χ4n) is 4.84. The number of carboxylic acid groups (broad SMARTS) is 1. The number of methoxy groups -OCH3 is 2. The molecule has 0 saturated carbocycles. The molecule has 1 atom stereocenters. The van der Waals surface area contributed by atoms with E-state index in [4.69, 9.17) is 21.1 Å². The Bertz CT molecular complexity index is 2070. The molecule has 51 heavy (non-hydrogen) atoms. The summed E-state index contributed by atoms with van der Waals surface area (Å²) in [5.41, 5.74) is 2.17. The number of rotatable bonds is 13. The molecule has 12 heteroatoms. The molecule has 0 radical (unpaired) electrons. The van der Waals surface area contributed by atoms with Gasteiger partial charge in [-0.3, -0.25) is 14.4 Å². The van der Waals surface area contributed by atoms with Crippen LogP contribution in [0.3, 0.4) is 0 Å². The highest BCUT2D eigenvalue weighted by molar-refractivity contribution is 8.00. The molecule has 5 aromatic carbocycles. The predicted molar refractivity (Wildman–Crippen MR) is 199 cm³/mol. The molecule has 0 bridgehead atoms. The third kappa shape index (κ3) is 9.56. The maximum absolute atomic E-state index is 13.6. The molecule has 0 aliphatic rings. The van der Waals surface area contributed by atoms with Gasteiger partial charge in [-0.25, -0.2) is 4.79 Å². The number of ether oxygens (including phenoxy) is 2. The molecular weight excluding hydrogens is 690 g/mol. The number of halogens is 1. The fourth-order valence-corrected chi connectivity index (χ4v) is 6.03. The van der Waals surface area contributed by atoms with Crippen LogP contribution in [0.5, 0.6) is 11.5 Å². The third-order valence-electron chi connectivity index (χ3n) is 7.45. The summed E-state index contributed by atoms with van der Waals surface area (Å²) in [6.45, 7) is 0. The van der Waals surface area contributed by atoms with Gasteiger partial charge in [0.05, 0.1) is 30.5 Å². The van der Waals surface area contributed by atoms with Crippen LogP contribution in [0.2, 0.25) is 5.02 Å². The van der Waals surface area contributed by atoms with E-state index >= 15 is 0 Å². The maximum Gasteiger partial charge on any atom is 0.335 e. The highest BCUT2D eigenvalue weighted by atomic mass is 35.5. The monoisotopic (exact) mass is 721 g/mol. The van der Waals surface area contributed by atoms with Crippen LogP contribution >= 0.6 is 23.4 Å². The van der Waals surface area contributed by atoms with E-state index in [1.54, 1.807) is 72.8 Å². The van der Waals surface area contributed by atoms with E-state index < -0.39 is 28.9 Å². The van der Waals surface area contributed by atoms with Gasteiger partial charge in [-0.1, -0.05) is 60.1 Å². The van der Waals surface area contributed by atoms with E-state index in [1.165, 1.54) is 50.3 Å². The molecule has 10 nitrogen and oxygen atoms in total.